The molecule has 2 unspecified atom stereocenters. The smallest absolute Gasteiger partial charge is 0.248 e. The number of hydrogen-bond donors (Lipinski definition) is 2. The predicted molar refractivity (Wildman–Crippen MR) is 81.1 cm³/mol. The molecule has 0 heterocycles. The molecule has 0 aliphatic carbocycles. The van der Waals surface area contributed by atoms with Gasteiger partial charge in [0.25, 0.3) is 0 Å². The highest BCUT2D eigenvalue weighted by Gasteiger charge is 2.14. The van der Waals surface area contributed by atoms with Crippen molar-refractivity contribution in [1.82, 2.24) is 5.32 Å². The van der Waals surface area contributed by atoms with Gasteiger partial charge >= 0.3 is 0 Å². The van der Waals surface area contributed by atoms with Crippen LogP contribution in [-0.4, -0.2) is 43.0 Å². The molecule has 0 aromatic heterocycles. The minimum absolute atomic E-state index is 0.00237. The van der Waals surface area contributed by atoms with E-state index in [1.54, 1.807) is 13.0 Å². The lowest BCUT2D eigenvalue weighted by atomic mass is 10.3. The highest BCUT2D eigenvalue weighted by atomic mass is 19.1. The first-order valence-corrected chi connectivity index (χ1v) is 7.09. The highest BCUT2D eigenvalue weighted by Crippen LogP contribution is 2.11. The van der Waals surface area contributed by atoms with Gasteiger partial charge in [0, 0.05) is 6.54 Å². The van der Waals surface area contributed by atoms with Crippen molar-refractivity contribution < 1.29 is 23.8 Å². The Morgan fingerprint density at radius 2 is 2.14 bits per heavy atom. The Bertz CT molecular complexity index is 464. The van der Waals surface area contributed by atoms with Gasteiger partial charge in [-0.05, 0) is 37.6 Å². The average Bonchev–Trinajstić information content (AvgIpc) is 2.52. The third-order valence-electron chi connectivity index (χ3n) is 2.83. The summed E-state index contributed by atoms with van der Waals surface area (Å²) in [5.41, 5.74) is 0. The zero-order valence-electron chi connectivity index (χ0n) is 12.6. The van der Waals surface area contributed by atoms with Gasteiger partial charge < -0.3 is 19.9 Å². The van der Waals surface area contributed by atoms with E-state index >= 15 is 0 Å². The molecule has 0 saturated heterocycles. The number of aliphatic hydroxyl groups excluding tert-OH is 1. The maximum Gasteiger partial charge on any atom is 0.248 e. The van der Waals surface area contributed by atoms with Gasteiger partial charge in [0.1, 0.15) is 30.4 Å². The molecule has 22 heavy (non-hydrogen) atoms. The van der Waals surface area contributed by atoms with Crippen molar-refractivity contribution >= 4 is 5.91 Å². The quantitative estimate of drug-likeness (QED) is 0.509. The van der Waals surface area contributed by atoms with Gasteiger partial charge in [-0.3, -0.25) is 4.79 Å². The van der Waals surface area contributed by atoms with Crippen LogP contribution in [0.1, 0.15) is 13.3 Å². The van der Waals surface area contributed by atoms with Gasteiger partial charge in [0.15, 0.2) is 0 Å². The van der Waals surface area contributed by atoms with Crippen LogP contribution in [0.25, 0.3) is 0 Å². The van der Waals surface area contributed by atoms with Gasteiger partial charge in [-0.2, -0.15) is 0 Å². The molecule has 0 radical (unpaired) electrons. The van der Waals surface area contributed by atoms with E-state index in [0.29, 0.717) is 18.8 Å². The SMILES string of the molecule is C=CCCOC(C)C(=O)NCC(O)COc1ccc(F)cc1. The van der Waals surface area contributed by atoms with E-state index in [1.165, 1.54) is 24.3 Å². The summed E-state index contributed by atoms with van der Waals surface area (Å²) in [5, 5.41) is 12.3. The Labute approximate surface area is 129 Å². The van der Waals surface area contributed by atoms with Crippen molar-refractivity contribution in [3.8, 4) is 5.75 Å². The van der Waals surface area contributed by atoms with E-state index in [-0.39, 0.29) is 24.9 Å². The van der Waals surface area contributed by atoms with Crippen LogP contribution in [0.5, 0.6) is 5.75 Å². The first-order chi connectivity index (χ1) is 10.5. The van der Waals surface area contributed by atoms with Gasteiger partial charge in [0.05, 0.1) is 6.61 Å². The predicted octanol–water partition coefficient (Wildman–Crippen LogP) is 1.66. The Balaban J connectivity index is 2.21. The van der Waals surface area contributed by atoms with Crippen LogP contribution in [0, 0.1) is 5.82 Å². The molecule has 1 rings (SSSR count). The minimum atomic E-state index is -0.866. The zero-order valence-corrected chi connectivity index (χ0v) is 12.6. The topological polar surface area (TPSA) is 67.8 Å². The van der Waals surface area contributed by atoms with Crippen molar-refractivity contribution in [3.05, 3.63) is 42.7 Å². The first kappa shape index (κ1) is 18.1. The Morgan fingerprint density at radius 1 is 1.45 bits per heavy atom. The van der Waals surface area contributed by atoms with Crippen LogP contribution in [0.3, 0.4) is 0 Å². The number of carbonyl (C=O) groups is 1. The number of ether oxygens (including phenoxy) is 2. The summed E-state index contributed by atoms with van der Waals surface area (Å²) in [4.78, 5) is 11.7. The Hall–Kier alpha value is -1.92. The minimum Gasteiger partial charge on any atom is -0.491 e. The molecule has 1 amide bonds. The zero-order chi connectivity index (χ0) is 16.4. The van der Waals surface area contributed by atoms with Crippen molar-refractivity contribution in [3.63, 3.8) is 0 Å². The van der Waals surface area contributed by atoms with Crippen molar-refractivity contribution in [2.24, 2.45) is 0 Å². The average molecular weight is 311 g/mol. The molecule has 5 nitrogen and oxygen atoms in total. The van der Waals surface area contributed by atoms with E-state index in [1.807, 2.05) is 0 Å². The molecule has 2 atom stereocenters. The second kappa shape index (κ2) is 9.92. The summed E-state index contributed by atoms with van der Waals surface area (Å²) >= 11 is 0. The van der Waals surface area contributed by atoms with Crippen LogP contribution in [0.4, 0.5) is 4.39 Å². The normalized spacial score (nSPS) is 13.2. The third kappa shape index (κ3) is 7.19. The van der Waals surface area contributed by atoms with Crippen LogP contribution < -0.4 is 10.1 Å². The number of hydrogen-bond acceptors (Lipinski definition) is 4. The number of halogens is 1. The first-order valence-electron chi connectivity index (χ1n) is 7.09. The molecule has 0 bridgehead atoms. The van der Waals surface area contributed by atoms with Crippen molar-refractivity contribution in [1.29, 1.82) is 0 Å². The molecule has 0 aliphatic rings. The van der Waals surface area contributed by atoms with Gasteiger partial charge in [-0.15, -0.1) is 6.58 Å². The molecule has 6 heteroatoms. The summed E-state index contributed by atoms with van der Waals surface area (Å²) in [6, 6.07) is 5.48. The largest absolute Gasteiger partial charge is 0.491 e. The van der Waals surface area contributed by atoms with E-state index in [0.717, 1.165) is 0 Å². The highest BCUT2D eigenvalue weighted by molar-refractivity contribution is 5.80. The number of benzene rings is 1. The van der Waals surface area contributed by atoms with Crippen molar-refractivity contribution in [2.75, 3.05) is 19.8 Å². The van der Waals surface area contributed by atoms with Gasteiger partial charge in [-0.1, -0.05) is 6.08 Å². The number of nitrogens with one attached hydrogen (secondary N) is 1. The lowest BCUT2D eigenvalue weighted by Gasteiger charge is -2.16. The molecular formula is C16H22FNO4. The second-order valence-electron chi connectivity index (χ2n) is 4.75. The second-order valence-corrected chi connectivity index (χ2v) is 4.75. The molecule has 1 aromatic rings. The maximum absolute atomic E-state index is 12.7. The lowest BCUT2D eigenvalue weighted by molar-refractivity contribution is -0.132. The van der Waals surface area contributed by atoms with Crippen LogP contribution in [0.2, 0.25) is 0 Å². The molecule has 0 fully saturated rings. The summed E-state index contributed by atoms with van der Waals surface area (Å²) in [6.45, 7) is 5.68. The monoisotopic (exact) mass is 311 g/mol. The number of amides is 1. The van der Waals surface area contributed by atoms with Crippen LogP contribution in [-0.2, 0) is 9.53 Å². The summed E-state index contributed by atoms with van der Waals surface area (Å²) in [5.74, 6) is -0.205. The fourth-order valence-corrected chi connectivity index (χ4v) is 1.55. The van der Waals surface area contributed by atoms with E-state index < -0.39 is 12.2 Å². The standard InChI is InChI=1S/C16H22FNO4/c1-3-4-9-21-12(2)16(20)18-10-14(19)11-22-15-7-5-13(17)6-8-15/h3,5-8,12,14,19H,1,4,9-11H2,2H3,(H,18,20). The fourth-order valence-electron chi connectivity index (χ4n) is 1.55. The third-order valence-corrected chi connectivity index (χ3v) is 2.83. The number of aliphatic hydroxyl groups is 1. The molecule has 0 aliphatic heterocycles. The molecule has 1 aromatic carbocycles. The van der Waals surface area contributed by atoms with E-state index in [2.05, 4.69) is 11.9 Å². The number of rotatable bonds is 10. The van der Waals surface area contributed by atoms with Gasteiger partial charge in [0.2, 0.25) is 5.91 Å². The maximum atomic E-state index is 12.7. The van der Waals surface area contributed by atoms with E-state index in [4.69, 9.17) is 9.47 Å². The molecule has 122 valence electrons. The molecule has 0 saturated carbocycles. The number of carbonyl (C=O) groups excluding carboxylic acids is 1. The Kier molecular flexibility index (Phi) is 8.17. The Morgan fingerprint density at radius 3 is 2.77 bits per heavy atom. The molecule has 0 spiro atoms. The molecular weight excluding hydrogens is 289 g/mol. The molecule has 2 N–H and O–H groups in total. The van der Waals surface area contributed by atoms with Crippen molar-refractivity contribution in [2.45, 2.75) is 25.6 Å². The van der Waals surface area contributed by atoms with Crippen LogP contribution in [0.15, 0.2) is 36.9 Å². The summed E-state index contributed by atoms with van der Waals surface area (Å²) in [7, 11) is 0. The summed E-state index contributed by atoms with van der Waals surface area (Å²) < 4.78 is 23.3. The van der Waals surface area contributed by atoms with Gasteiger partial charge in [-0.25, -0.2) is 4.39 Å². The van der Waals surface area contributed by atoms with E-state index in [9.17, 15) is 14.3 Å². The van der Waals surface area contributed by atoms with Crippen LogP contribution >= 0.6 is 0 Å². The fraction of sp³-hybridized carbons (Fsp3) is 0.438. The summed E-state index contributed by atoms with van der Waals surface area (Å²) in [6.07, 6.45) is 0.923. The lowest BCUT2D eigenvalue weighted by Crippen LogP contribution is -2.40.